The van der Waals surface area contributed by atoms with Crippen LogP contribution in [0.4, 0.5) is 17.1 Å². The zero-order valence-electron chi connectivity index (χ0n) is 33.1. The largest absolute Gasteiger partial charge is 0.310 e. The van der Waals surface area contributed by atoms with Crippen molar-refractivity contribution in [2.75, 3.05) is 4.90 Å². The van der Waals surface area contributed by atoms with E-state index in [1.807, 2.05) is 66.7 Å². The standard InChI is InChI=1S/C54H38N4O2/c1-54(2)47-19-11-9-17-43(47)44-31-30-42(34-48(44)54)56(40-26-21-36(22-27-40)35-13-5-3-6-14-35)41-28-23-37(24-29-41)38-25-32-50-46(33-38)52(60)57(39-15-7-4-8-16-39)53-55-49-20-12-10-18-45(49)51(59)58(50)53/h3-34H,1-2H3. The molecule has 0 N–H and O–H groups in total. The molecular formula is C54H38N4O2. The van der Waals surface area contributed by atoms with Crippen molar-refractivity contribution in [1.82, 2.24) is 14.0 Å². The van der Waals surface area contributed by atoms with E-state index in [0.29, 0.717) is 27.5 Å². The molecule has 0 atom stereocenters. The summed E-state index contributed by atoms with van der Waals surface area (Å²) < 4.78 is 3.11. The Balaban J connectivity index is 1.04. The van der Waals surface area contributed by atoms with Crippen LogP contribution in [0.1, 0.15) is 25.0 Å². The van der Waals surface area contributed by atoms with Crippen LogP contribution in [0.5, 0.6) is 0 Å². The van der Waals surface area contributed by atoms with E-state index in [0.717, 1.165) is 33.8 Å². The van der Waals surface area contributed by atoms with Gasteiger partial charge < -0.3 is 4.90 Å². The van der Waals surface area contributed by atoms with E-state index in [2.05, 4.69) is 134 Å². The lowest BCUT2D eigenvalue weighted by Gasteiger charge is -2.28. The molecule has 0 spiro atoms. The highest BCUT2D eigenvalue weighted by molar-refractivity contribution is 5.90. The predicted molar refractivity (Wildman–Crippen MR) is 245 cm³/mol. The fourth-order valence-corrected chi connectivity index (χ4v) is 9.11. The molecule has 1 aliphatic rings. The number of nitrogens with zero attached hydrogens (tertiary/aromatic N) is 4. The second kappa shape index (κ2) is 13.6. The molecule has 1 aliphatic carbocycles. The van der Waals surface area contributed by atoms with E-state index in [1.165, 1.54) is 27.8 Å². The monoisotopic (exact) mass is 774 g/mol. The molecule has 2 heterocycles. The van der Waals surface area contributed by atoms with E-state index in [-0.39, 0.29) is 22.3 Å². The van der Waals surface area contributed by atoms with Gasteiger partial charge in [-0.25, -0.2) is 14.0 Å². The minimum atomic E-state index is -0.247. The van der Waals surface area contributed by atoms with Gasteiger partial charge in [0.1, 0.15) is 0 Å². The van der Waals surface area contributed by atoms with Crippen LogP contribution in [0, 0.1) is 0 Å². The summed E-state index contributed by atoms with van der Waals surface area (Å²) in [4.78, 5) is 35.9. The second-order valence-corrected chi connectivity index (χ2v) is 16.0. The minimum Gasteiger partial charge on any atom is -0.310 e. The number of anilines is 3. The van der Waals surface area contributed by atoms with Crippen LogP contribution in [0.25, 0.3) is 66.7 Å². The van der Waals surface area contributed by atoms with Crippen molar-refractivity contribution in [3.05, 3.63) is 226 Å². The summed E-state index contributed by atoms with van der Waals surface area (Å²) in [6, 6.07) is 65.6. The molecule has 286 valence electrons. The van der Waals surface area contributed by atoms with Crippen LogP contribution in [-0.4, -0.2) is 14.0 Å². The van der Waals surface area contributed by atoms with E-state index in [9.17, 15) is 9.59 Å². The van der Waals surface area contributed by atoms with Gasteiger partial charge in [-0.05, 0) is 117 Å². The number of hydrogen-bond acceptors (Lipinski definition) is 4. The molecule has 60 heavy (non-hydrogen) atoms. The van der Waals surface area contributed by atoms with E-state index < -0.39 is 0 Å². The Morgan fingerprint density at radius 2 is 1.03 bits per heavy atom. The molecule has 10 aromatic rings. The summed E-state index contributed by atoms with van der Waals surface area (Å²) in [5, 5.41) is 0.916. The van der Waals surface area contributed by atoms with Gasteiger partial charge in [-0.1, -0.05) is 135 Å². The van der Waals surface area contributed by atoms with Crippen molar-refractivity contribution < 1.29 is 0 Å². The highest BCUT2D eigenvalue weighted by Crippen LogP contribution is 2.50. The van der Waals surface area contributed by atoms with Gasteiger partial charge in [0.05, 0.1) is 27.5 Å². The number of rotatable bonds is 6. The van der Waals surface area contributed by atoms with Crippen molar-refractivity contribution in [3.63, 3.8) is 0 Å². The predicted octanol–water partition coefficient (Wildman–Crippen LogP) is 12.3. The third-order valence-electron chi connectivity index (χ3n) is 12.2. The number of para-hydroxylation sites is 2. The summed E-state index contributed by atoms with van der Waals surface area (Å²) in [7, 11) is 0. The normalized spacial score (nSPS) is 12.8. The van der Waals surface area contributed by atoms with Crippen molar-refractivity contribution in [1.29, 1.82) is 0 Å². The van der Waals surface area contributed by atoms with Gasteiger partial charge in [-0.2, -0.15) is 0 Å². The van der Waals surface area contributed by atoms with Crippen molar-refractivity contribution >= 4 is 44.6 Å². The van der Waals surface area contributed by atoms with Crippen LogP contribution in [0.15, 0.2) is 204 Å². The lowest BCUT2D eigenvalue weighted by molar-refractivity contribution is 0.660. The Morgan fingerprint density at radius 3 is 1.77 bits per heavy atom. The Kier molecular flexibility index (Phi) is 8.03. The SMILES string of the molecule is CC1(C)c2ccccc2-c2ccc(N(c3ccc(-c4ccccc4)cc3)c3ccc(-c4ccc5c(c4)c(=O)n(-c4ccccc4)c4nc6ccccc6c(=O)n54)cc3)cc21. The first kappa shape index (κ1) is 35.3. The Bertz CT molecular complexity index is 3430. The van der Waals surface area contributed by atoms with Crippen molar-refractivity contribution in [2.24, 2.45) is 0 Å². The molecule has 6 heteroatoms. The summed E-state index contributed by atoms with van der Waals surface area (Å²) in [6.07, 6.45) is 0. The number of benzene rings is 8. The first-order valence-corrected chi connectivity index (χ1v) is 20.2. The lowest BCUT2D eigenvalue weighted by atomic mass is 9.82. The maximum Gasteiger partial charge on any atom is 0.267 e. The van der Waals surface area contributed by atoms with Gasteiger partial charge in [-0.3, -0.25) is 9.59 Å². The molecule has 8 aromatic carbocycles. The van der Waals surface area contributed by atoms with Gasteiger partial charge >= 0.3 is 0 Å². The van der Waals surface area contributed by atoms with Crippen LogP contribution in [0.3, 0.4) is 0 Å². The van der Waals surface area contributed by atoms with E-state index in [4.69, 9.17) is 4.98 Å². The van der Waals surface area contributed by atoms with Gasteiger partial charge in [0.2, 0.25) is 5.78 Å². The van der Waals surface area contributed by atoms with Crippen molar-refractivity contribution in [3.8, 4) is 39.1 Å². The summed E-state index contributed by atoms with van der Waals surface area (Å²) in [6.45, 7) is 4.62. The van der Waals surface area contributed by atoms with E-state index in [1.54, 1.807) is 21.1 Å². The average molecular weight is 775 g/mol. The highest BCUT2D eigenvalue weighted by Gasteiger charge is 2.35. The fraction of sp³-hybridized carbons (Fsp3) is 0.0556. The topological polar surface area (TPSA) is 59.6 Å². The van der Waals surface area contributed by atoms with Gasteiger partial charge in [0, 0.05) is 22.5 Å². The number of aromatic nitrogens is 3. The highest BCUT2D eigenvalue weighted by atomic mass is 16.1. The lowest BCUT2D eigenvalue weighted by Crippen LogP contribution is -2.28. The maximum atomic E-state index is 14.5. The smallest absolute Gasteiger partial charge is 0.267 e. The Labute approximate surface area is 346 Å². The van der Waals surface area contributed by atoms with Gasteiger partial charge in [0.15, 0.2) is 0 Å². The number of fused-ring (bicyclic) bond motifs is 7. The van der Waals surface area contributed by atoms with Crippen molar-refractivity contribution in [2.45, 2.75) is 19.3 Å². The molecule has 0 aliphatic heterocycles. The van der Waals surface area contributed by atoms with Crippen LogP contribution in [0.2, 0.25) is 0 Å². The zero-order valence-corrected chi connectivity index (χ0v) is 33.1. The van der Waals surface area contributed by atoms with Crippen LogP contribution >= 0.6 is 0 Å². The Morgan fingerprint density at radius 1 is 0.467 bits per heavy atom. The molecule has 0 saturated carbocycles. The second-order valence-electron chi connectivity index (χ2n) is 16.0. The zero-order chi connectivity index (χ0) is 40.5. The van der Waals surface area contributed by atoms with E-state index >= 15 is 0 Å². The Hall–Kier alpha value is -7.83. The molecule has 2 aromatic heterocycles. The van der Waals surface area contributed by atoms with Gasteiger partial charge in [0.25, 0.3) is 11.1 Å². The average Bonchev–Trinajstić information content (AvgIpc) is 3.53. The summed E-state index contributed by atoms with van der Waals surface area (Å²) >= 11 is 0. The molecule has 0 saturated heterocycles. The van der Waals surface area contributed by atoms with Gasteiger partial charge in [-0.15, -0.1) is 0 Å². The molecule has 6 nitrogen and oxygen atoms in total. The molecule has 0 fully saturated rings. The summed E-state index contributed by atoms with van der Waals surface area (Å²) in [5.74, 6) is 0.273. The molecule has 0 radical (unpaired) electrons. The first-order valence-electron chi connectivity index (χ1n) is 20.2. The molecule has 11 rings (SSSR count). The first-order chi connectivity index (χ1) is 29.3. The van der Waals surface area contributed by atoms with Crippen LogP contribution < -0.4 is 16.0 Å². The third-order valence-corrected chi connectivity index (χ3v) is 12.2. The molecule has 0 amide bonds. The fourth-order valence-electron chi connectivity index (χ4n) is 9.11. The quantitative estimate of drug-likeness (QED) is 0.125. The number of hydrogen-bond donors (Lipinski definition) is 0. The molecular weight excluding hydrogens is 737 g/mol. The third kappa shape index (κ3) is 5.52. The molecule has 0 bridgehead atoms. The van der Waals surface area contributed by atoms with Crippen LogP contribution in [-0.2, 0) is 5.41 Å². The minimum absolute atomic E-state index is 0.149. The summed E-state index contributed by atoms with van der Waals surface area (Å²) in [5.41, 5.74) is 13.5. The maximum absolute atomic E-state index is 14.5. The molecule has 0 unspecified atom stereocenters.